The Balaban J connectivity index is 1.78. The number of nitrogens with zero attached hydrogens (tertiary/aromatic N) is 1. The number of anilines is 1. The molecule has 0 spiro atoms. The second kappa shape index (κ2) is 4.47. The molecule has 1 aliphatic carbocycles. The van der Waals surface area contributed by atoms with E-state index >= 15 is 0 Å². The van der Waals surface area contributed by atoms with Crippen molar-refractivity contribution in [1.29, 1.82) is 0 Å². The summed E-state index contributed by atoms with van der Waals surface area (Å²) in [5, 5.41) is 0.526. The predicted molar refractivity (Wildman–Crippen MR) is 72.6 cm³/mol. The Morgan fingerprint density at radius 2 is 1.89 bits per heavy atom. The molecule has 1 saturated heterocycles. The van der Waals surface area contributed by atoms with Crippen LogP contribution in [0.2, 0.25) is 5.02 Å². The fraction of sp³-hybridized carbons (Fsp3) is 0.500. The molecule has 1 aromatic rings. The van der Waals surface area contributed by atoms with Crippen LogP contribution in [0.5, 0.6) is 0 Å². The summed E-state index contributed by atoms with van der Waals surface area (Å²) in [6.07, 6.45) is 3.86. The number of rotatable bonds is 1. The van der Waals surface area contributed by atoms with Crippen LogP contribution in [0.1, 0.15) is 29.6 Å². The van der Waals surface area contributed by atoms with Crippen molar-refractivity contribution in [2.24, 2.45) is 11.8 Å². The van der Waals surface area contributed by atoms with Crippen LogP contribution in [0, 0.1) is 11.8 Å². The molecule has 1 saturated carbocycles. The Morgan fingerprint density at radius 3 is 2.50 bits per heavy atom. The molecule has 3 nitrogen and oxygen atoms in total. The maximum atomic E-state index is 12.4. The summed E-state index contributed by atoms with van der Waals surface area (Å²) in [5.41, 5.74) is 6.89. The van der Waals surface area contributed by atoms with E-state index in [2.05, 4.69) is 0 Å². The number of carbonyl (C=O) groups is 1. The van der Waals surface area contributed by atoms with Crippen molar-refractivity contribution in [3.05, 3.63) is 28.8 Å². The number of carbonyl (C=O) groups excluding carboxylic acids is 1. The van der Waals surface area contributed by atoms with E-state index in [1.807, 2.05) is 4.90 Å². The van der Waals surface area contributed by atoms with E-state index in [1.54, 1.807) is 18.2 Å². The topological polar surface area (TPSA) is 46.3 Å². The minimum atomic E-state index is 0.0681. The lowest BCUT2D eigenvalue weighted by atomic mass is 10.0. The number of halogens is 1. The molecular formula is C14H17ClN2O. The molecule has 1 heterocycles. The molecule has 3 rings (SSSR count). The van der Waals surface area contributed by atoms with Crippen molar-refractivity contribution in [2.75, 3.05) is 18.8 Å². The van der Waals surface area contributed by atoms with Crippen molar-refractivity contribution in [1.82, 2.24) is 4.90 Å². The van der Waals surface area contributed by atoms with E-state index in [0.717, 1.165) is 13.1 Å². The molecule has 0 radical (unpaired) electrons. The van der Waals surface area contributed by atoms with Gasteiger partial charge in [-0.05, 0) is 42.9 Å². The molecule has 2 unspecified atom stereocenters. The molecule has 4 heteroatoms. The summed E-state index contributed by atoms with van der Waals surface area (Å²) in [6, 6.07) is 5.08. The number of hydrogen-bond donors (Lipinski definition) is 1. The Labute approximate surface area is 112 Å². The summed E-state index contributed by atoms with van der Waals surface area (Å²) in [6.45, 7) is 1.80. The SMILES string of the molecule is Nc1cc(Cl)cc(C(=O)N2CC3CCCC3C2)c1. The Kier molecular flexibility index (Phi) is 2.94. The standard InChI is InChI=1S/C14H17ClN2O/c15-12-4-11(5-13(16)6-12)14(18)17-7-9-2-1-3-10(9)8-17/h4-6,9-10H,1-3,7-8,16H2. The molecule has 0 aromatic heterocycles. The third-order valence-corrected chi connectivity index (χ3v) is 4.40. The van der Waals surface area contributed by atoms with Gasteiger partial charge in [0, 0.05) is 29.4 Å². The summed E-state index contributed by atoms with van der Waals surface area (Å²) >= 11 is 5.95. The maximum Gasteiger partial charge on any atom is 0.253 e. The zero-order chi connectivity index (χ0) is 12.7. The van der Waals surface area contributed by atoms with Crippen molar-refractivity contribution in [2.45, 2.75) is 19.3 Å². The highest BCUT2D eigenvalue weighted by Crippen LogP contribution is 2.38. The second-order valence-electron chi connectivity index (χ2n) is 5.43. The van der Waals surface area contributed by atoms with Gasteiger partial charge in [-0.2, -0.15) is 0 Å². The number of benzene rings is 1. The van der Waals surface area contributed by atoms with Crippen LogP contribution >= 0.6 is 11.6 Å². The van der Waals surface area contributed by atoms with E-state index in [4.69, 9.17) is 17.3 Å². The molecule has 1 aliphatic heterocycles. The van der Waals surface area contributed by atoms with Gasteiger partial charge < -0.3 is 10.6 Å². The third-order valence-electron chi connectivity index (χ3n) is 4.18. The van der Waals surface area contributed by atoms with Gasteiger partial charge in [-0.25, -0.2) is 0 Å². The van der Waals surface area contributed by atoms with Crippen LogP contribution in [0.3, 0.4) is 0 Å². The quantitative estimate of drug-likeness (QED) is 0.793. The minimum Gasteiger partial charge on any atom is -0.399 e. The fourth-order valence-electron chi connectivity index (χ4n) is 3.32. The smallest absolute Gasteiger partial charge is 0.253 e. The average molecular weight is 265 g/mol. The van der Waals surface area contributed by atoms with Crippen molar-refractivity contribution < 1.29 is 4.79 Å². The van der Waals surface area contributed by atoms with E-state index in [-0.39, 0.29) is 5.91 Å². The molecule has 2 N–H and O–H groups in total. The first-order valence-corrected chi connectivity index (χ1v) is 6.86. The van der Waals surface area contributed by atoms with E-state index in [0.29, 0.717) is 28.1 Å². The highest BCUT2D eigenvalue weighted by atomic mass is 35.5. The average Bonchev–Trinajstić information content (AvgIpc) is 2.86. The van der Waals surface area contributed by atoms with Gasteiger partial charge in [0.15, 0.2) is 0 Å². The molecule has 2 aliphatic rings. The molecule has 2 fully saturated rings. The zero-order valence-corrected chi connectivity index (χ0v) is 11.0. The number of likely N-dealkylation sites (tertiary alicyclic amines) is 1. The van der Waals surface area contributed by atoms with Crippen LogP contribution in [0.4, 0.5) is 5.69 Å². The maximum absolute atomic E-state index is 12.4. The van der Waals surface area contributed by atoms with E-state index in [1.165, 1.54) is 19.3 Å². The van der Waals surface area contributed by atoms with Crippen LogP contribution in [0.15, 0.2) is 18.2 Å². The highest BCUT2D eigenvalue weighted by molar-refractivity contribution is 6.31. The largest absolute Gasteiger partial charge is 0.399 e. The summed E-state index contributed by atoms with van der Waals surface area (Å²) in [4.78, 5) is 14.4. The molecule has 96 valence electrons. The van der Waals surface area contributed by atoms with E-state index in [9.17, 15) is 4.79 Å². The first-order valence-electron chi connectivity index (χ1n) is 6.49. The van der Waals surface area contributed by atoms with Crippen molar-refractivity contribution in [3.63, 3.8) is 0 Å². The molecule has 2 atom stereocenters. The molecule has 1 aromatic carbocycles. The number of nitrogens with two attached hydrogens (primary N) is 1. The molecule has 0 bridgehead atoms. The Hall–Kier alpha value is -1.22. The normalized spacial score (nSPS) is 26.4. The summed E-state index contributed by atoms with van der Waals surface area (Å²) in [7, 11) is 0. The summed E-state index contributed by atoms with van der Waals surface area (Å²) < 4.78 is 0. The van der Waals surface area contributed by atoms with Gasteiger partial charge in [0.1, 0.15) is 0 Å². The Bertz CT molecular complexity index is 456. The Morgan fingerprint density at radius 1 is 1.22 bits per heavy atom. The second-order valence-corrected chi connectivity index (χ2v) is 5.87. The highest BCUT2D eigenvalue weighted by Gasteiger charge is 2.38. The van der Waals surface area contributed by atoms with Gasteiger partial charge in [0.25, 0.3) is 5.91 Å². The van der Waals surface area contributed by atoms with E-state index < -0.39 is 0 Å². The van der Waals surface area contributed by atoms with Gasteiger partial charge in [-0.1, -0.05) is 18.0 Å². The number of hydrogen-bond acceptors (Lipinski definition) is 2. The fourth-order valence-corrected chi connectivity index (χ4v) is 3.56. The van der Waals surface area contributed by atoms with Gasteiger partial charge in [-0.3, -0.25) is 4.79 Å². The lowest BCUT2D eigenvalue weighted by Gasteiger charge is -2.17. The lowest BCUT2D eigenvalue weighted by Crippen LogP contribution is -2.29. The number of amides is 1. The number of fused-ring (bicyclic) bond motifs is 1. The van der Waals surface area contributed by atoms with Gasteiger partial charge in [0.05, 0.1) is 0 Å². The first kappa shape index (κ1) is 11.8. The van der Waals surface area contributed by atoms with Crippen molar-refractivity contribution in [3.8, 4) is 0 Å². The third kappa shape index (κ3) is 2.07. The van der Waals surface area contributed by atoms with Gasteiger partial charge >= 0.3 is 0 Å². The molecule has 18 heavy (non-hydrogen) atoms. The van der Waals surface area contributed by atoms with Crippen LogP contribution < -0.4 is 5.73 Å². The first-order chi connectivity index (χ1) is 8.63. The van der Waals surface area contributed by atoms with Crippen LogP contribution in [-0.2, 0) is 0 Å². The minimum absolute atomic E-state index is 0.0681. The van der Waals surface area contributed by atoms with Gasteiger partial charge in [-0.15, -0.1) is 0 Å². The molecule has 1 amide bonds. The zero-order valence-electron chi connectivity index (χ0n) is 10.2. The number of nitrogen functional groups attached to an aromatic ring is 1. The molecular weight excluding hydrogens is 248 g/mol. The van der Waals surface area contributed by atoms with Crippen LogP contribution in [-0.4, -0.2) is 23.9 Å². The predicted octanol–water partition coefficient (Wildman–Crippen LogP) is 2.79. The monoisotopic (exact) mass is 264 g/mol. The van der Waals surface area contributed by atoms with Crippen molar-refractivity contribution >= 4 is 23.2 Å². The van der Waals surface area contributed by atoms with Gasteiger partial charge in [0.2, 0.25) is 0 Å². The van der Waals surface area contributed by atoms with Crippen LogP contribution in [0.25, 0.3) is 0 Å². The summed E-state index contributed by atoms with van der Waals surface area (Å²) in [5.74, 6) is 1.49. The lowest BCUT2D eigenvalue weighted by molar-refractivity contribution is 0.0780.